The molecule has 31 heteroatoms. The van der Waals surface area contributed by atoms with Gasteiger partial charge in [-0.2, -0.15) is 4.31 Å². The number of carbonyl (C=O) groups is 4. The molecule has 8 atom stereocenters. The second-order valence-electron chi connectivity index (χ2n) is 14.0. The lowest BCUT2D eigenvalue weighted by atomic mass is 9.87. The van der Waals surface area contributed by atoms with Gasteiger partial charge in [0.25, 0.3) is 0 Å². The fourth-order valence-corrected chi connectivity index (χ4v) is 9.35. The molecule has 1 saturated heterocycles. The van der Waals surface area contributed by atoms with Crippen LogP contribution in [0.15, 0.2) is 36.9 Å². The number of para-hydroxylation sites is 1. The smallest absolute Gasteiger partial charge is 0.481 e. The topological polar surface area (TPSA) is 427 Å². The first kappa shape index (κ1) is 50.7. The zero-order valence-electron chi connectivity index (χ0n) is 32.6. The fraction of sp³-hybridized carbons (Fsp3) is 0.516. The highest BCUT2D eigenvalue weighted by Gasteiger charge is 2.50. The van der Waals surface area contributed by atoms with Gasteiger partial charge in [-0.05, 0) is 11.6 Å². The SMILES string of the molecule is CC(C)(COP(=O)(O)OP(=O)(O)OC[C@H]1O[C@@H](n2cnc3c(N)ncnc32)[C@H](O)[C@@H]1OP(=O)(O)O)[C@@H](O)C(=O)NCCC(=O)NCCSC(=O)C(CC(=O)O)c1ccccc1N. The van der Waals surface area contributed by atoms with E-state index in [0.29, 0.717) is 5.56 Å². The van der Waals surface area contributed by atoms with Crippen molar-refractivity contribution in [1.82, 2.24) is 30.2 Å². The Balaban J connectivity index is 1.22. The Labute approximate surface area is 355 Å². The molecule has 344 valence electrons. The highest BCUT2D eigenvalue weighted by Crippen LogP contribution is 2.61. The van der Waals surface area contributed by atoms with Crippen molar-refractivity contribution >= 4 is 80.8 Å². The number of nitrogens with two attached hydrogens (primary N) is 2. The van der Waals surface area contributed by atoms with E-state index in [0.717, 1.165) is 29.0 Å². The number of nitrogens with one attached hydrogen (secondary N) is 2. The number of thioether (sulfide) groups is 1. The van der Waals surface area contributed by atoms with E-state index in [1.54, 1.807) is 24.3 Å². The van der Waals surface area contributed by atoms with Crippen molar-refractivity contribution in [2.24, 2.45) is 5.41 Å². The number of carbonyl (C=O) groups excluding carboxylic acids is 3. The average molecular weight is 959 g/mol. The molecule has 3 heterocycles. The summed E-state index contributed by atoms with van der Waals surface area (Å²) in [5.41, 5.74) is 10.7. The number of carboxylic acids is 1. The zero-order valence-corrected chi connectivity index (χ0v) is 36.1. The van der Waals surface area contributed by atoms with Crippen LogP contribution in [0, 0.1) is 5.41 Å². The van der Waals surface area contributed by atoms with Crippen LogP contribution in [0.5, 0.6) is 0 Å². The number of aliphatic hydroxyl groups excluding tert-OH is 2. The summed E-state index contributed by atoms with van der Waals surface area (Å²) in [4.78, 5) is 100. The number of hydrogen-bond donors (Lipinski definition) is 11. The van der Waals surface area contributed by atoms with Crippen LogP contribution >= 0.6 is 35.2 Å². The molecule has 4 rings (SSSR count). The van der Waals surface area contributed by atoms with Crippen LogP contribution < -0.4 is 22.1 Å². The number of fused-ring (bicyclic) bond motifs is 1. The lowest BCUT2D eigenvalue weighted by Crippen LogP contribution is -2.46. The van der Waals surface area contributed by atoms with Gasteiger partial charge in [0.05, 0.1) is 31.9 Å². The van der Waals surface area contributed by atoms with Gasteiger partial charge in [0.15, 0.2) is 22.8 Å². The summed E-state index contributed by atoms with van der Waals surface area (Å²) in [7, 11) is -16.5. The molecular formula is C31H45N8O19P3S. The number of aliphatic carboxylic acids is 1. The molecule has 2 aromatic heterocycles. The Kier molecular flexibility index (Phi) is 17.3. The van der Waals surface area contributed by atoms with E-state index in [1.165, 1.54) is 13.8 Å². The van der Waals surface area contributed by atoms with Crippen molar-refractivity contribution in [2.45, 2.75) is 63.3 Å². The monoisotopic (exact) mass is 958 g/mol. The van der Waals surface area contributed by atoms with Gasteiger partial charge >= 0.3 is 29.4 Å². The Morgan fingerprint density at radius 1 is 1.00 bits per heavy atom. The molecule has 1 aliphatic rings. The standard InChI is InChI=1S/C31H45N8O19P3S/c1-31(2,25(44)28(45)35-8-7-20(40)34-9-10-62-30(46)17(11-21(41)42)16-5-3-4-6-18(16)32)13-55-61(52,53)58-60(50,51)54-12-19-24(57-59(47,48)49)23(43)29(56-19)39-15-38-22-26(33)36-14-37-27(22)39/h3-6,14-15,17,19,23-25,29,43-44H,7-13,32H2,1-2H3,(H,34,40)(H,35,45)(H,41,42)(H,50,51)(H,52,53)(H2,33,36,37)(H2,47,48,49)/t17?,19-,23-,24-,25+,29-/m1/s1. The maximum absolute atomic E-state index is 12.8. The Hall–Kier alpha value is -3.95. The van der Waals surface area contributed by atoms with E-state index in [9.17, 15) is 67.8 Å². The van der Waals surface area contributed by atoms with Gasteiger partial charge in [0.1, 0.15) is 36.3 Å². The number of anilines is 2. The number of amides is 2. The number of ether oxygens (including phenoxy) is 1. The molecule has 27 nitrogen and oxygen atoms in total. The van der Waals surface area contributed by atoms with E-state index in [2.05, 4.69) is 34.4 Å². The Bertz CT molecular complexity index is 2250. The summed E-state index contributed by atoms with van der Waals surface area (Å²) in [6.07, 6.45) is -7.67. The van der Waals surface area contributed by atoms with E-state index >= 15 is 0 Å². The molecular weight excluding hydrogens is 913 g/mol. The van der Waals surface area contributed by atoms with E-state index in [1.807, 2.05) is 0 Å². The molecule has 0 aliphatic carbocycles. The number of aliphatic hydroxyl groups is 2. The number of hydrogen-bond acceptors (Lipinski definition) is 20. The minimum absolute atomic E-state index is 0.00911. The normalized spacial score (nSPS) is 21.1. The minimum atomic E-state index is -5.61. The summed E-state index contributed by atoms with van der Waals surface area (Å²) in [6.45, 7) is 0.0766. The van der Waals surface area contributed by atoms with Crippen molar-refractivity contribution < 1.29 is 90.4 Å². The lowest BCUT2D eigenvalue weighted by Gasteiger charge is -2.30. The van der Waals surface area contributed by atoms with Crippen molar-refractivity contribution in [2.75, 3.05) is 43.5 Å². The van der Waals surface area contributed by atoms with Crippen molar-refractivity contribution in [3.8, 4) is 0 Å². The van der Waals surface area contributed by atoms with E-state index < -0.39 is 108 Å². The number of phosphoric ester groups is 3. The molecule has 62 heavy (non-hydrogen) atoms. The first-order valence-electron chi connectivity index (χ1n) is 17.9. The molecule has 1 fully saturated rings. The van der Waals surface area contributed by atoms with Crippen LogP contribution in [0.2, 0.25) is 0 Å². The summed E-state index contributed by atoms with van der Waals surface area (Å²) in [5, 5.41) is 35.1. The number of carboxylic acid groups (broad SMARTS) is 1. The Morgan fingerprint density at radius 2 is 1.68 bits per heavy atom. The third-order valence-electron chi connectivity index (χ3n) is 8.78. The number of imidazole rings is 1. The highest BCUT2D eigenvalue weighted by molar-refractivity contribution is 8.13. The summed E-state index contributed by atoms with van der Waals surface area (Å²) in [6, 6.07) is 6.37. The van der Waals surface area contributed by atoms with Crippen LogP contribution in [-0.4, -0.2) is 134 Å². The molecule has 0 saturated carbocycles. The van der Waals surface area contributed by atoms with Gasteiger partial charge in [-0.25, -0.2) is 28.6 Å². The molecule has 3 unspecified atom stereocenters. The summed E-state index contributed by atoms with van der Waals surface area (Å²) in [5.74, 6) is -3.75. The number of rotatable bonds is 23. The summed E-state index contributed by atoms with van der Waals surface area (Å²) >= 11 is 0.805. The van der Waals surface area contributed by atoms with Gasteiger partial charge < -0.3 is 61.7 Å². The van der Waals surface area contributed by atoms with E-state index in [-0.39, 0.29) is 47.9 Å². The zero-order chi connectivity index (χ0) is 46.2. The predicted molar refractivity (Wildman–Crippen MR) is 213 cm³/mol. The molecule has 0 radical (unpaired) electrons. The number of phosphoric acid groups is 3. The molecule has 1 aromatic carbocycles. The van der Waals surface area contributed by atoms with Crippen molar-refractivity contribution in [1.29, 1.82) is 0 Å². The Morgan fingerprint density at radius 3 is 2.34 bits per heavy atom. The molecule has 2 amide bonds. The molecule has 3 aromatic rings. The molecule has 1 aliphatic heterocycles. The second-order valence-corrected chi connectivity index (χ2v) is 19.4. The fourth-order valence-electron chi connectivity index (χ4n) is 5.71. The molecule has 13 N–H and O–H groups in total. The maximum atomic E-state index is 12.8. The molecule has 0 spiro atoms. The number of benzene rings is 1. The lowest BCUT2D eigenvalue weighted by molar-refractivity contribution is -0.138. The number of nitrogen functional groups attached to an aromatic ring is 2. The van der Waals surface area contributed by atoms with Gasteiger partial charge in [0.2, 0.25) is 11.8 Å². The van der Waals surface area contributed by atoms with Crippen LogP contribution in [0.25, 0.3) is 11.2 Å². The molecule has 0 bridgehead atoms. The van der Waals surface area contributed by atoms with Crippen LogP contribution in [0.3, 0.4) is 0 Å². The van der Waals surface area contributed by atoms with Gasteiger partial charge in [-0.15, -0.1) is 0 Å². The third-order valence-corrected chi connectivity index (χ3v) is 12.9. The van der Waals surface area contributed by atoms with Crippen LogP contribution in [-0.2, 0) is 55.5 Å². The largest absolute Gasteiger partial charge is 0.481 e. The van der Waals surface area contributed by atoms with Crippen molar-refractivity contribution in [3.05, 3.63) is 42.5 Å². The van der Waals surface area contributed by atoms with Gasteiger partial charge in [-0.1, -0.05) is 43.8 Å². The number of aromatic nitrogens is 4. The average Bonchev–Trinajstić information content (AvgIpc) is 3.73. The van der Waals surface area contributed by atoms with E-state index in [4.69, 9.17) is 25.3 Å². The van der Waals surface area contributed by atoms with Gasteiger partial charge in [0, 0.05) is 36.4 Å². The van der Waals surface area contributed by atoms with Crippen LogP contribution in [0.1, 0.15) is 44.4 Å². The number of nitrogens with zero attached hydrogens (tertiary/aromatic N) is 4. The first-order valence-corrected chi connectivity index (χ1v) is 23.4. The highest BCUT2D eigenvalue weighted by atomic mass is 32.2. The first-order chi connectivity index (χ1) is 28.8. The third kappa shape index (κ3) is 14.3. The summed E-state index contributed by atoms with van der Waals surface area (Å²) < 4.78 is 62.2. The quantitative estimate of drug-likeness (QED) is 0.0324. The predicted octanol–water partition coefficient (Wildman–Crippen LogP) is -0.495. The minimum Gasteiger partial charge on any atom is -0.481 e. The second kappa shape index (κ2) is 21.2. The van der Waals surface area contributed by atoms with Gasteiger partial charge in [-0.3, -0.25) is 37.3 Å². The van der Waals surface area contributed by atoms with Crippen molar-refractivity contribution in [3.63, 3.8) is 0 Å². The maximum Gasteiger partial charge on any atom is 0.481 e. The van der Waals surface area contributed by atoms with Crippen LogP contribution in [0.4, 0.5) is 11.5 Å².